The molecule has 0 aromatic heterocycles. The highest BCUT2D eigenvalue weighted by Crippen LogP contribution is 2.29. The lowest BCUT2D eigenvalue weighted by atomic mass is 9.98. The molecule has 1 N–H and O–H groups in total. The molecular weight excluding hydrogens is 186 g/mol. The molecule has 1 aliphatic heterocycles. The number of hydrogen-bond acceptors (Lipinski definition) is 2. The third kappa shape index (κ3) is 2.61. The van der Waals surface area contributed by atoms with Gasteiger partial charge < -0.3 is 10.1 Å². The van der Waals surface area contributed by atoms with E-state index < -0.39 is 0 Å². The van der Waals surface area contributed by atoms with Crippen LogP contribution in [0.5, 0.6) is 0 Å². The van der Waals surface area contributed by atoms with Crippen LogP contribution in [0.25, 0.3) is 0 Å². The Balaban J connectivity index is 1.99. The summed E-state index contributed by atoms with van der Waals surface area (Å²) in [6.45, 7) is 5.41. The van der Waals surface area contributed by atoms with E-state index in [-0.39, 0.29) is 0 Å². The maximum absolute atomic E-state index is 5.99. The molecule has 1 fully saturated rings. The van der Waals surface area contributed by atoms with Crippen molar-refractivity contribution in [1.29, 1.82) is 0 Å². The van der Waals surface area contributed by atoms with E-state index in [9.17, 15) is 0 Å². The largest absolute Gasteiger partial charge is 0.373 e. The molecule has 0 saturated carbocycles. The molecule has 2 rings (SSSR count). The summed E-state index contributed by atoms with van der Waals surface area (Å²) >= 11 is 0. The zero-order valence-electron chi connectivity index (χ0n) is 9.96. The maximum atomic E-state index is 5.99. The van der Waals surface area contributed by atoms with Crippen LogP contribution in [-0.4, -0.2) is 24.8 Å². The van der Waals surface area contributed by atoms with Crippen molar-refractivity contribution in [2.45, 2.75) is 64.2 Å². The summed E-state index contributed by atoms with van der Waals surface area (Å²) in [6.07, 6.45) is 9.60. The maximum Gasteiger partial charge on any atom is 0.0771 e. The Labute approximate surface area is 93.1 Å². The predicted molar refractivity (Wildman–Crippen MR) is 63.0 cm³/mol. The smallest absolute Gasteiger partial charge is 0.0771 e. The van der Waals surface area contributed by atoms with E-state index in [1.54, 1.807) is 5.57 Å². The van der Waals surface area contributed by atoms with Crippen LogP contribution in [0.3, 0.4) is 0 Å². The van der Waals surface area contributed by atoms with Crippen LogP contribution in [-0.2, 0) is 4.74 Å². The number of allylic oxidation sites excluding steroid dienone is 1. The second kappa shape index (κ2) is 5.13. The topological polar surface area (TPSA) is 21.3 Å². The minimum atomic E-state index is 0.421. The van der Waals surface area contributed by atoms with Gasteiger partial charge in [0.15, 0.2) is 0 Å². The molecule has 0 aromatic rings. The minimum absolute atomic E-state index is 0.421. The zero-order valence-corrected chi connectivity index (χ0v) is 9.96. The zero-order chi connectivity index (χ0) is 10.7. The molecule has 2 heteroatoms. The van der Waals surface area contributed by atoms with Gasteiger partial charge in [-0.2, -0.15) is 0 Å². The minimum Gasteiger partial charge on any atom is -0.373 e. The monoisotopic (exact) mass is 209 g/mol. The second-order valence-corrected chi connectivity index (χ2v) is 4.77. The van der Waals surface area contributed by atoms with Crippen molar-refractivity contribution in [1.82, 2.24) is 5.32 Å². The molecule has 0 bridgehead atoms. The Morgan fingerprint density at radius 3 is 2.93 bits per heavy atom. The number of rotatable bonds is 4. The number of ether oxygens (including phenoxy) is 1. The van der Waals surface area contributed by atoms with E-state index in [1.807, 2.05) is 0 Å². The van der Waals surface area contributed by atoms with Gasteiger partial charge in [-0.25, -0.2) is 0 Å². The molecule has 3 atom stereocenters. The van der Waals surface area contributed by atoms with E-state index in [0.29, 0.717) is 18.2 Å². The molecule has 1 saturated heterocycles. The predicted octanol–water partition coefficient (Wildman–Crippen LogP) is 2.64. The Morgan fingerprint density at radius 1 is 1.53 bits per heavy atom. The normalized spacial score (nSPS) is 33.1. The molecule has 0 aromatic carbocycles. The lowest BCUT2D eigenvalue weighted by Crippen LogP contribution is -2.41. The highest BCUT2D eigenvalue weighted by atomic mass is 16.5. The van der Waals surface area contributed by atoms with Gasteiger partial charge in [-0.1, -0.05) is 18.6 Å². The molecule has 2 nitrogen and oxygen atoms in total. The molecule has 86 valence electrons. The van der Waals surface area contributed by atoms with Gasteiger partial charge in [0.05, 0.1) is 18.2 Å². The van der Waals surface area contributed by atoms with E-state index in [1.165, 1.54) is 32.1 Å². The number of nitrogens with one attached hydrogen (secondary N) is 1. The van der Waals surface area contributed by atoms with Crippen LogP contribution < -0.4 is 5.32 Å². The standard InChI is InChI=1S/C13H23NO/c1-3-14-13(11-6-4-5-7-11)12-9-8-10(2)15-12/h6,10,12-14H,3-5,7-9H2,1-2H3. The van der Waals surface area contributed by atoms with Gasteiger partial charge in [0.1, 0.15) is 0 Å². The van der Waals surface area contributed by atoms with Crippen molar-refractivity contribution in [2.24, 2.45) is 0 Å². The highest BCUT2D eigenvalue weighted by molar-refractivity contribution is 5.17. The Bertz CT molecular complexity index is 237. The van der Waals surface area contributed by atoms with Gasteiger partial charge in [0.2, 0.25) is 0 Å². The molecule has 1 aliphatic carbocycles. The van der Waals surface area contributed by atoms with Crippen molar-refractivity contribution < 1.29 is 4.74 Å². The Kier molecular flexibility index (Phi) is 3.81. The fourth-order valence-electron chi connectivity index (χ4n) is 2.78. The summed E-state index contributed by atoms with van der Waals surface area (Å²) in [6, 6.07) is 0.488. The fraction of sp³-hybridized carbons (Fsp3) is 0.846. The first-order valence-electron chi connectivity index (χ1n) is 6.39. The third-order valence-corrected chi connectivity index (χ3v) is 3.54. The van der Waals surface area contributed by atoms with E-state index in [0.717, 1.165) is 6.54 Å². The summed E-state index contributed by atoms with van der Waals surface area (Å²) in [4.78, 5) is 0. The van der Waals surface area contributed by atoms with Gasteiger partial charge in [0.25, 0.3) is 0 Å². The van der Waals surface area contributed by atoms with Gasteiger partial charge in [-0.3, -0.25) is 0 Å². The summed E-state index contributed by atoms with van der Waals surface area (Å²) in [5.74, 6) is 0. The highest BCUT2D eigenvalue weighted by Gasteiger charge is 2.31. The van der Waals surface area contributed by atoms with Crippen LogP contribution in [0.4, 0.5) is 0 Å². The van der Waals surface area contributed by atoms with Crippen molar-refractivity contribution in [3.05, 3.63) is 11.6 Å². The van der Waals surface area contributed by atoms with E-state index >= 15 is 0 Å². The number of likely N-dealkylation sites (N-methyl/N-ethyl adjacent to an activating group) is 1. The Morgan fingerprint density at radius 2 is 2.40 bits per heavy atom. The van der Waals surface area contributed by atoms with Crippen molar-refractivity contribution in [3.8, 4) is 0 Å². The second-order valence-electron chi connectivity index (χ2n) is 4.77. The van der Waals surface area contributed by atoms with Gasteiger partial charge in [0, 0.05) is 0 Å². The van der Waals surface area contributed by atoms with Crippen LogP contribution in [0, 0.1) is 0 Å². The quantitative estimate of drug-likeness (QED) is 0.719. The number of hydrogen-bond donors (Lipinski definition) is 1. The lowest BCUT2D eigenvalue weighted by Gasteiger charge is -2.25. The van der Waals surface area contributed by atoms with Gasteiger partial charge in [-0.15, -0.1) is 0 Å². The van der Waals surface area contributed by atoms with Crippen LogP contribution >= 0.6 is 0 Å². The molecule has 2 aliphatic rings. The molecular formula is C13H23NO. The molecule has 1 heterocycles. The third-order valence-electron chi connectivity index (χ3n) is 3.54. The van der Waals surface area contributed by atoms with Crippen LogP contribution in [0.15, 0.2) is 11.6 Å². The fourth-order valence-corrected chi connectivity index (χ4v) is 2.78. The van der Waals surface area contributed by atoms with E-state index in [2.05, 4.69) is 25.2 Å². The van der Waals surface area contributed by atoms with Crippen molar-refractivity contribution >= 4 is 0 Å². The molecule has 3 unspecified atom stereocenters. The summed E-state index contributed by atoms with van der Waals surface area (Å²) < 4.78 is 5.99. The Hall–Kier alpha value is -0.340. The molecule has 15 heavy (non-hydrogen) atoms. The first kappa shape index (κ1) is 11.2. The van der Waals surface area contributed by atoms with Crippen molar-refractivity contribution in [3.63, 3.8) is 0 Å². The lowest BCUT2D eigenvalue weighted by molar-refractivity contribution is 0.0395. The SMILES string of the molecule is CCNC(C1=CCCC1)C1CCC(C)O1. The molecule has 0 amide bonds. The molecule has 0 radical (unpaired) electrons. The summed E-state index contributed by atoms with van der Waals surface area (Å²) in [5, 5.41) is 3.59. The summed E-state index contributed by atoms with van der Waals surface area (Å²) in [5.41, 5.74) is 1.59. The van der Waals surface area contributed by atoms with Crippen molar-refractivity contribution in [2.75, 3.05) is 6.54 Å². The van der Waals surface area contributed by atoms with E-state index in [4.69, 9.17) is 4.74 Å². The van der Waals surface area contributed by atoms with Crippen LogP contribution in [0.1, 0.15) is 46.0 Å². The first-order chi connectivity index (χ1) is 7.31. The summed E-state index contributed by atoms with van der Waals surface area (Å²) in [7, 11) is 0. The molecule has 0 spiro atoms. The average Bonchev–Trinajstić information content (AvgIpc) is 2.85. The average molecular weight is 209 g/mol. The van der Waals surface area contributed by atoms with Gasteiger partial charge >= 0.3 is 0 Å². The van der Waals surface area contributed by atoms with Gasteiger partial charge in [-0.05, 0) is 45.6 Å². The van der Waals surface area contributed by atoms with Crippen LogP contribution in [0.2, 0.25) is 0 Å². The first-order valence-corrected chi connectivity index (χ1v) is 6.39.